The number of nitrogens with zero attached hydrogens (tertiary/aromatic N) is 3. The lowest BCUT2D eigenvalue weighted by Gasteiger charge is -2.34. The molecule has 0 bridgehead atoms. The van der Waals surface area contributed by atoms with E-state index in [1.54, 1.807) is 42.5 Å². The molecule has 1 aliphatic carbocycles. The van der Waals surface area contributed by atoms with Crippen LogP contribution in [-0.2, 0) is 4.79 Å². The Morgan fingerprint density at radius 1 is 0.791 bits per heavy atom. The summed E-state index contributed by atoms with van der Waals surface area (Å²) in [4.78, 5) is 32.7. The molecule has 0 spiro atoms. The third kappa shape index (κ3) is 8.21. The van der Waals surface area contributed by atoms with Gasteiger partial charge in [-0.05, 0) is 122 Å². The van der Waals surface area contributed by atoms with Crippen LogP contribution in [0.15, 0.2) is 77.7 Å². The Labute approximate surface area is 262 Å². The number of imide groups is 1. The van der Waals surface area contributed by atoms with Crippen LogP contribution in [0.2, 0.25) is 5.02 Å². The highest BCUT2D eigenvalue weighted by Gasteiger charge is 2.36. The van der Waals surface area contributed by atoms with Crippen molar-refractivity contribution in [3.8, 4) is 17.2 Å². The van der Waals surface area contributed by atoms with Crippen molar-refractivity contribution >= 4 is 46.3 Å². The minimum absolute atomic E-state index is 0.319. The molecule has 0 aromatic heterocycles. The van der Waals surface area contributed by atoms with Crippen LogP contribution in [0.4, 0.5) is 10.5 Å². The normalized spacial score (nSPS) is 18.9. The van der Waals surface area contributed by atoms with Crippen LogP contribution in [0, 0.1) is 5.92 Å². The highest BCUT2D eigenvalue weighted by atomic mass is 35.5. The van der Waals surface area contributed by atoms with Crippen molar-refractivity contribution in [2.45, 2.75) is 25.7 Å². The zero-order valence-electron chi connectivity index (χ0n) is 24.1. The van der Waals surface area contributed by atoms with Gasteiger partial charge in [0.05, 0.1) is 17.2 Å². The number of unbranched alkanes of at least 4 members (excludes halogenated alkanes) is 1. The molecule has 0 atom stereocenters. The Kier molecular flexibility index (Phi) is 9.68. The fourth-order valence-electron chi connectivity index (χ4n) is 5.29. The summed E-state index contributed by atoms with van der Waals surface area (Å²) in [6.07, 6.45) is 6.68. The van der Waals surface area contributed by atoms with E-state index in [2.05, 4.69) is 9.80 Å². The van der Waals surface area contributed by atoms with E-state index in [-0.39, 0.29) is 11.1 Å². The van der Waals surface area contributed by atoms with E-state index in [9.17, 15) is 9.59 Å². The average Bonchev–Trinajstić information content (AvgIpc) is 3.79. The summed E-state index contributed by atoms with van der Waals surface area (Å²) in [6.45, 7) is 7.81. The summed E-state index contributed by atoms with van der Waals surface area (Å²) in [5, 5.41) is 0.325. The van der Waals surface area contributed by atoms with Crippen molar-refractivity contribution in [3.05, 3.63) is 88.3 Å². The molecule has 2 amide bonds. The molecule has 224 valence electrons. The fourth-order valence-corrected chi connectivity index (χ4v) is 6.26. The molecule has 3 aromatic carbocycles. The number of thioether (sulfide) groups is 1. The quantitative estimate of drug-likeness (QED) is 0.153. The van der Waals surface area contributed by atoms with Crippen molar-refractivity contribution < 1.29 is 19.1 Å². The van der Waals surface area contributed by atoms with Gasteiger partial charge in [0.1, 0.15) is 17.2 Å². The molecule has 2 saturated heterocycles. The van der Waals surface area contributed by atoms with E-state index >= 15 is 0 Å². The van der Waals surface area contributed by atoms with Crippen molar-refractivity contribution in [2.24, 2.45) is 5.92 Å². The Bertz CT molecular complexity index is 1430. The van der Waals surface area contributed by atoms with Crippen LogP contribution in [0.5, 0.6) is 17.2 Å². The maximum absolute atomic E-state index is 13.1. The second kappa shape index (κ2) is 14.0. The van der Waals surface area contributed by atoms with Crippen molar-refractivity contribution in [1.29, 1.82) is 0 Å². The van der Waals surface area contributed by atoms with Gasteiger partial charge in [0.15, 0.2) is 0 Å². The van der Waals surface area contributed by atoms with Crippen LogP contribution in [0.1, 0.15) is 31.2 Å². The van der Waals surface area contributed by atoms with E-state index in [0.717, 1.165) is 48.4 Å². The first kappa shape index (κ1) is 29.8. The van der Waals surface area contributed by atoms with Gasteiger partial charge in [-0.25, -0.2) is 4.90 Å². The Morgan fingerprint density at radius 2 is 1.42 bits per heavy atom. The van der Waals surface area contributed by atoms with E-state index < -0.39 is 0 Å². The molecule has 3 aliphatic rings. The number of hydrogen-bond acceptors (Lipinski definition) is 7. The van der Waals surface area contributed by atoms with E-state index in [4.69, 9.17) is 21.1 Å². The summed E-state index contributed by atoms with van der Waals surface area (Å²) < 4.78 is 11.8. The number of amides is 2. The van der Waals surface area contributed by atoms with E-state index in [1.165, 1.54) is 50.5 Å². The van der Waals surface area contributed by atoms with Crippen molar-refractivity contribution in [2.75, 3.05) is 50.8 Å². The van der Waals surface area contributed by atoms with Crippen LogP contribution in [-0.4, -0.2) is 66.8 Å². The van der Waals surface area contributed by atoms with Gasteiger partial charge in [0.25, 0.3) is 11.1 Å². The van der Waals surface area contributed by atoms with Gasteiger partial charge in [-0.2, -0.15) is 0 Å². The largest absolute Gasteiger partial charge is 0.494 e. The van der Waals surface area contributed by atoms with Gasteiger partial charge in [-0.1, -0.05) is 23.7 Å². The number of ether oxygens (including phenoxy) is 2. The molecule has 1 saturated carbocycles. The first-order valence-electron chi connectivity index (χ1n) is 15.0. The molecular formula is C34H36ClN3O4S. The van der Waals surface area contributed by atoms with E-state index in [1.807, 2.05) is 36.4 Å². The molecule has 3 fully saturated rings. The maximum atomic E-state index is 13.1. The van der Waals surface area contributed by atoms with Crippen LogP contribution in [0.3, 0.4) is 0 Å². The minimum Gasteiger partial charge on any atom is -0.494 e. The third-order valence-electron chi connectivity index (χ3n) is 7.93. The van der Waals surface area contributed by atoms with Gasteiger partial charge >= 0.3 is 0 Å². The third-order valence-corrected chi connectivity index (χ3v) is 9.05. The second-order valence-electron chi connectivity index (χ2n) is 11.3. The summed E-state index contributed by atoms with van der Waals surface area (Å²) in [7, 11) is 0. The molecule has 43 heavy (non-hydrogen) atoms. The first-order valence-corrected chi connectivity index (χ1v) is 16.2. The molecule has 2 aliphatic heterocycles. The first-order chi connectivity index (χ1) is 21.0. The minimum atomic E-state index is -0.335. The maximum Gasteiger partial charge on any atom is 0.298 e. The molecule has 7 nitrogen and oxygen atoms in total. The van der Waals surface area contributed by atoms with Gasteiger partial charge in [0, 0.05) is 37.7 Å². The summed E-state index contributed by atoms with van der Waals surface area (Å²) >= 11 is 6.87. The predicted octanol–water partition coefficient (Wildman–Crippen LogP) is 7.56. The lowest BCUT2D eigenvalue weighted by Crippen LogP contribution is -2.47. The molecule has 0 N–H and O–H groups in total. The molecule has 0 radical (unpaired) electrons. The summed E-state index contributed by atoms with van der Waals surface area (Å²) in [5.41, 5.74) is 1.33. The number of hydrogen-bond donors (Lipinski definition) is 0. The molecule has 6 rings (SSSR count). The van der Waals surface area contributed by atoms with Crippen LogP contribution in [0.25, 0.3) is 6.08 Å². The standard InChI is InChI=1S/C34H36ClN3O4S/c35-27-7-13-31(14-8-27)42-30-11-5-25(6-12-30)23-32-33(39)38(34(40)43-32)28-9-15-29(16-10-28)41-22-2-1-17-36-18-20-37(21-19-36)24-26-3-4-26/h5-16,23,26H,1-4,17-22,24H2/b32-23-. The smallest absolute Gasteiger partial charge is 0.298 e. The number of piperazine rings is 1. The Balaban J connectivity index is 0.945. The van der Waals surface area contributed by atoms with Gasteiger partial charge in [-0.3, -0.25) is 9.59 Å². The zero-order valence-corrected chi connectivity index (χ0v) is 25.7. The lowest BCUT2D eigenvalue weighted by molar-refractivity contribution is -0.113. The number of benzene rings is 3. The Morgan fingerprint density at radius 3 is 2.09 bits per heavy atom. The summed E-state index contributed by atoms with van der Waals surface area (Å²) in [5.74, 6) is 2.71. The monoisotopic (exact) mass is 617 g/mol. The number of carbonyl (C=O) groups excluding carboxylic acids is 2. The Hall–Kier alpha value is -3.30. The summed E-state index contributed by atoms with van der Waals surface area (Å²) in [6, 6.07) is 21.6. The molecule has 2 heterocycles. The number of anilines is 1. The molecule has 9 heteroatoms. The number of halogens is 1. The van der Waals surface area contributed by atoms with Gasteiger partial charge in [0.2, 0.25) is 0 Å². The second-order valence-corrected chi connectivity index (χ2v) is 12.7. The fraction of sp³-hybridized carbons (Fsp3) is 0.353. The van der Waals surface area contributed by atoms with Crippen LogP contribution < -0.4 is 14.4 Å². The molecule has 3 aromatic rings. The van der Waals surface area contributed by atoms with Crippen LogP contribution >= 0.6 is 23.4 Å². The molecular weight excluding hydrogens is 582 g/mol. The molecule has 0 unspecified atom stereocenters. The lowest BCUT2D eigenvalue weighted by atomic mass is 10.2. The van der Waals surface area contributed by atoms with E-state index in [0.29, 0.717) is 33.7 Å². The number of carbonyl (C=O) groups is 2. The van der Waals surface area contributed by atoms with Gasteiger partial charge in [-0.15, -0.1) is 0 Å². The highest BCUT2D eigenvalue weighted by Crippen LogP contribution is 2.36. The zero-order chi connectivity index (χ0) is 29.6. The predicted molar refractivity (Wildman–Crippen MR) is 173 cm³/mol. The van der Waals surface area contributed by atoms with Gasteiger partial charge < -0.3 is 19.3 Å². The number of rotatable bonds is 12. The SMILES string of the molecule is O=C1S/C(=C\c2ccc(Oc3ccc(Cl)cc3)cc2)C(=O)N1c1ccc(OCCCCN2CCN(CC3CC3)CC2)cc1. The highest BCUT2D eigenvalue weighted by molar-refractivity contribution is 8.19. The van der Waals surface area contributed by atoms with Crippen molar-refractivity contribution in [3.63, 3.8) is 0 Å². The van der Waals surface area contributed by atoms with Crippen molar-refractivity contribution in [1.82, 2.24) is 9.80 Å². The topological polar surface area (TPSA) is 62.3 Å². The average molecular weight is 618 g/mol.